The van der Waals surface area contributed by atoms with Gasteiger partial charge in [-0.05, 0) is 36.4 Å². The van der Waals surface area contributed by atoms with Gasteiger partial charge in [0.25, 0.3) is 5.91 Å². The van der Waals surface area contributed by atoms with E-state index in [0.29, 0.717) is 24.3 Å². The summed E-state index contributed by atoms with van der Waals surface area (Å²) < 4.78 is 5.08. The van der Waals surface area contributed by atoms with Crippen molar-refractivity contribution in [2.45, 2.75) is 11.3 Å². The van der Waals surface area contributed by atoms with Gasteiger partial charge < -0.3 is 20.5 Å². The second-order valence-electron chi connectivity index (χ2n) is 5.64. The lowest BCUT2D eigenvalue weighted by atomic mass is 10.2. The zero-order chi connectivity index (χ0) is 19.3. The molecule has 0 unspecified atom stereocenters. The highest BCUT2D eigenvalue weighted by Gasteiger charge is 2.13. The molecule has 0 saturated carbocycles. The molecular formula is C20H24N2O4S. The third-order valence-electron chi connectivity index (χ3n) is 3.56. The van der Waals surface area contributed by atoms with Gasteiger partial charge in [-0.1, -0.05) is 30.3 Å². The number of benzene rings is 2. The largest absolute Gasteiger partial charge is 0.452 e. The molecule has 27 heavy (non-hydrogen) atoms. The molecule has 0 aromatic heterocycles. The van der Waals surface area contributed by atoms with Crippen molar-refractivity contribution in [2.75, 3.05) is 37.4 Å². The van der Waals surface area contributed by atoms with Crippen molar-refractivity contribution in [3.8, 4) is 0 Å². The van der Waals surface area contributed by atoms with Gasteiger partial charge in [-0.25, -0.2) is 4.79 Å². The van der Waals surface area contributed by atoms with E-state index in [1.54, 1.807) is 36.0 Å². The van der Waals surface area contributed by atoms with Gasteiger partial charge in [-0.2, -0.15) is 0 Å². The quantitative estimate of drug-likeness (QED) is 0.312. The summed E-state index contributed by atoms with van der Waals surface area (Å²) in [7, 11) is 0. The number of aliphatic hydroxyl groups is 1. The zero-order valence-corrected chi connectivity index (χ0v) is 15.8. The van der Waals surface area contributed by atoms with E-state index in [2.05, 4.69) is 22.8 Å². The first-order chi connectivity index (χ1) is 13.2. The average molecular weight is 388 g/mol. The second kappa shape index (κ2) is 12.0. The fourth-order valence-corrected chi connectivity index (χ4v) is 3.15. The summed E-state index contributed by atoms with van der Waals surface area (Å²) in [6, 6.07) is 16.9. The lowest BCUT2D eigenvalue weighted by molar-refractivity contribution is -0.124. The van der Waals surface area contributed by atoms with Gasteiger partial charge in [0.05, 0.1) is 12.2 Å². The van der Waals surface area contributed by atoms with Crippen LogP contribution in [0.4, 0.5) is 5.69 Å². The van der Waals surface area contributed by atoms with Crippen molar-refractivity contribution in [2.24, 2.45) is 0 Å². The Morgan fingerprint density at radius 2 is 1.74 bits per heavy atom. The van der Waals surface area contributed by atoms with E-state index >= 15 is 0 Å². The average Bonchev–Trinajstić information content (AvgIpc) is 2.71. The van der Waals surface area contributed by atoms with E-state index < -0.39 is 5.97 Å². The van der Waals surface area contributed by atoms with Gasteiger partial charge >= 0.3 is 5.97 Å². The summed E-state index contributed by atoms with van der Waals surface area (Å²) in [5.41, 5.74) is 0.896. The number of hydrogen-bond acceptors (Lipinski definition) is 6. The van der Waals surface area contributed by atoms with Gasteiger partial charge in [0.1, 0.15) is 0 Å². The van der Waals surface area contributed by atoms with Crippen molar-refractivity contribution in [3.05, 3.63) is 60.2 Å². The van der Waals surface area contributed by atoms with Crippen LogP contribution in [0.15, 0.2) is 59.5 Å². The normalized spacial score (nSPS) is 10.3. The van der Waals surface area contributed by atoms with Crippen molar-refractivity contribution < 1.29 is 19.4 Å². The number of esters is 1. The molecule has 6 nitrogen and oxygen atoms in total. The summed E-state index contributed by atoms with van der Waals surface area (Å²) in [5.74, 6) is -0.00626. The first-order valence-electron chi connectivity index (χ1n) is 8.76. The van der Waals surface area contributed by atoms with Crippen molar-refractivity contribution in [3.63, 3.8) is 0 Å². The first-order valence-corrected chi connectivity index (χ1v) is 9.74. The smallest absolute Gasteiger partial charge is 0.340 e. The molecule has 2 rings (SSSR count). The Labute approximate surface area is 163 Å². The molecule has 0 fully saturated rings. The minimum Gasteiger partial charge on any atom is -0.452 e. The number of ether oxygens (including phenoxy) is 1. The Balaban J connectivity index is 1.65. The van der Waals surface area contributed by atoms with E-state index in [-0.39, 0.29) is 19.1 Å². The minimum atomic E-state index is -0.578. The number of anilines is 1. The highest BCUT2D eigenvalue weighted by atomic mass is 32.2. The Kier molecular flexibility index (Phi) is 9.23. The Morgan fingerprint density at radius 1 is 1.00 bits per heavy atom. The molecule has 144 valence electrons. The molecule has 2 aromatic rings. The first kappa shape index (κ1) is 20.8. The van der Waals surface area contributed by atoms with E-state index in [9.17, 15) is 9.59 Å². The molecule has 0 saturated heterocycles. The van der Waals surface area contributed by atoms with Crippen LogP contribution in [0.1, 0.15) is 16.8 Å². The lowest BCUT2D eigenvalue weighted by Crippen LogP contribution is -2.30. The summed E-state index contributed by atoms with van der Waals surface area (Å²) in [5, 5.41) is 14.6. The molecule has 0 atom stereocenters. The summed E-state index contributed by atoms with van der Waals surface area (Å²) in [6.45, 7) is 0.490. The number of carbonyl (C=O) groups excluding carboxylic acids is 2. The van der Waals surface area contributed by atoms with Gasteiger partial charge in [0.15, 0.2) is 6.61 Å². The van der Waals surface area contributed by atoms with Gasteiger partial charge in [0.2, 0.25) is 0 Å². The van der Waals surface area contributed by atoms with Crippen LogP contribution in [0, 0.1) is 0 Å². The Hall–Kier alpha value is -2.51. The van der Waals surface area contributed by atoms with Gasteiger partial charge in [-0.15, -0.1) is 11.8 Å². The van der Waals surface area contributed by atoms with Crippen LogP contribution in [0.25, 0.3) is 0 Å². The molecule has 2 aromatic carbocycles. The molecule has 0 aliphatic rings. The maximum atomic E-state index is 12.2. The number of carbonyl (C=O) groups is 2. The molecule has 0 heterocycles. The lowest BCUT2D eigenvalue weighted by Gasteiger charge is -2.11. The van der Waals surface area contributed by atoms with Crippen LogP contribution in [-0.2, 0) is 9.53 Å². The van der Waals surface area contributed by atoms with E-state index in [1.165, 1.54) is 4.90 Å². The molecular weight excluding hydrogens is 364 g/mol. The standard InChI is InChI=1S/C20H24N2O4S/c23-13-12-21-18-10-5-4-9-17(18)20(25)26-15-19(24)22-11-6-14-27-16-7-2-1-3-8-16/h1-5,7-10,21,23H,6,11-15H2,(H,22,24). The van der Waals surface area contributed by atoms with Gasteiger partial charge in [0, 0.05) is 23.7 Å². The molecule has 1 amide bonds. The topological polar surface area (TPSA) is 87.7 Å². The van der Waals surface area contributed by atoms with Crippen molar-refractivity contribution in [1.29, 1.82) is 0 Å². The maximum absolute atomic E-state index is 12.2. The van der Waals surface area contributed by atoms with Gasteiger partial charge in [-0.3, -0.25) is 4.79 Å². The highest BCUT2D eigenvalue weighted by Crippen LogP contribution is 2.17. The van der Waals surface area contributed by atoms with Crippen LogP contribution in [0.5, 0.6) is 0 Å². The predicted molar refractivity (Wildman–Crippen MR) is 107 cm³/mol. The maximum Gasteiger partial charge on any atom is 0.340 e. The fourth-order valence-electron chi connectivity index (χ4n) is 2.27. The second-order valence-corrected chi connectivity index (χ2v) is 6.81. The molecule has 0 aliphatic heterocycles. The number of nitrogens with one attached hydrogen (secondary N) is 2. The monoisotopic (exact) mass is 388 g/mol. The molecule has 0 spiro atoms. The Morgan fingerprint density at radius 3 is 2.52 bits per heavy atom. The highest BCUT2D eigenvalue weighted by molar-refractivity contribution is 7.99. The van der Waals surface area contributed by atoms with Crippen LogP contribution in [0.2, 0.25) is 0 Å². The number of para-hydroxylation sites is 1. The number of amides is 1. The summed E-state index contributed by atoms with van der Waals surface area (Å²) in [4.78, 5) is 25.2. The van der Waals surface area contributed by atoms with Crippen LogP contribution in [-0.4, -0.2) is 49.0 Å². The van der Waals surface area contributed by atoms with Crippen molar-refractivity contribution in [1.82, 2.24) is 5.32 Å². The molecule has 0 bridgehead atoms. The molecule has 0 aliphatic carbocycles. The number of thioether (sulfide) groups is 1. The van der Waals surface area contributed by atoms with E-state index in [4.69, 9.17) is 9.84 Å². The molecule has 3 N–H and O–H groups in total. The van der Waals surface area contributed by atoms with Crippen LogP contribution >= 0.6 is 11.8 Å². The SMILES string of the molecule is O=C(COC(=O)c1ccccc1NCCO)NCCCSc1ccccc1. The molecule has 7 heteroatoms. The summed E-state index contributed by atoms with van der Waals surface area (Å²) in [6.07, 6.45) is 0.827. The number of aliphatic hydroxyl groups excluding tert-OH is 1. The minimum absolute atomic E-state index is 0.0473. The predicted octanol–water partition coefficient (Wildman–Crippen LogP) is 2.55. The third-order valence-corrected chi connectivity index (χ3v) is 4.66. The Bertz CT molecular complexity index is 725. The number of rotatable bonds is 11. The van der Waals surface area contributed by atoms with Crippen LogP contribution in [0.3, 0.4) is 0 Å². The van der Waals surface area contributed by atoms with Crippen LogP contribution < -0.4 is 10.6 Å². The third kappa shape index (κ3) is 7.72. The summed E-state index contributed by atoms with van der Waals surface area (Å²) >= 11 is 1.73. The number of hydrogen-bond donors (Lipinski definition) is 3. The fraction of sp³-hybridized carbons (Fsp3) is 0.300. The van der Waals surface area contributed by atoms with E-state index in [0.717, 1.165) is 12.2 Å². The molecule has 0 radical (unpaired) electrons. The van der Waals surface area contributed by atoms with E-state index in [1.807, 2.05) is 18.2 Å². The zero-order valence-electron chi connectivity index (χ0n) is 15.0. The van der Waals surface area contributed by atoms with Crippen molar-refractivity contribution >= 4 is 29.3 Å².